The van der Waals surface area contributed by atoms with Crippen LogP contribution in [0.25, 0.3) is 22.4 Å². The lowest BCUT2D eigenvalue weighted by molar-refractivity contribution is 0.00820. The molecule has 3 heterocycles. The molecule has 0 bridgehead atoms. The van der Waals surface area contributed by atoms with Crippen LogP contribution in [0.15, 0.2) is 72.9 Å². The maximum Gasteiger partial charge on any atom is 0.410 e. The van der Waals surface area contributed by atoms with Crippen molar-refractivity contribution >= 4 is 23.8 Å². The molecule has 1 atom stereocenters. The number of imidazole rings is 1. The Kier molecular flexibility index (Phi) is 9.17. The van der Waals surface area contributed by atoms with Gasteiger partial charge < -0.3 is 20.6 Å². The van der Waals surface area contributed by atoms with E-state index < -0.39 is 23.7 Å². The van der Waals surface area contributed by atoms with Crippen molar-refractivity contribution in [2.45, 2.75) is 58.6 Å². The fraction of sp³-hybridized carbons (Fsp3) is 0.324. The van der Waals surface area contributed by atoms with E-state index in [1.165, 1.54) is 4.68 Å². The molecule has 234 valence electrons. The van der Waals surface area contributed by atoms with Gasteiger partial charge in [-0.2, -0.15) is 0 Å². The number of aromatic nitrogens is 3. The van der Waals surface area contributed by atoms with Crippen LogP contribution < -0.4 is 11.2 Å². The van der Waals surface area contributed by atoms with Gasteiger partial charge in [0, 0.05) is 23.9 Å². The van der Waals surface area contributed by atoms with E-state index in [1.807, 2.05) is 63.2 Å². The maximum absolute atomic E-state index is 13.1. The van der Waals surface area contributed by atoms with Crippen LogP contribution in [0.5, 0.6) is 0 Å². The first-order valence-electron chi connectivity index (χ1n) is 15.0. The van der Waals surface area contributed by atoms with Gasteiger partial charge in [-0.15, -0.1) is 0 Å². The minimum absolute atomic E-state index is 0.0562. The number of likely N-dealkylation sites (tertiary alicyclic amines) is 1. The summed E-state index contributed by atoms with van der Waals surface area (Å²) < 4.78 is 12.2. The second-order valence-corrected chi connectivity index (χ2v) is 11.8. The molecule has 0 saturated carbocycles. The number of nitrogens with two attached hydrogens (primary N) is 1. The Morgan fingerprint density at radius 1 is 0.978 bits per heavy atom. The first-order chi connectivity index (χ1) is 21.6. The number of amides is 2. The van der Waals surface area contributed by atoms with Gasteiger partial charge in [0.2, 0.25) is 0 Å². The number of hydrogen-bond acceptors (Lipinski definition) is 8. The van der Waals surface area contributed by atoms with Crippen molar-refractivity contribution in [1.29, 1.82) is 0 Å². The Morgan fingerprint density at radius 2 is 1.71 bits per heavy atom. The van der Waals surface area contributed by atoms with Crippen molar-refractivity contribution in [3.8, 4) is 22.4 Å². The SMILES string of the molecule is CCOC(=O)c1c(-c2ccc(C(=O)Nc3cc(-c4ccccc4)ccn3)cc2)nc([C@@H]2CCCCN2C(=O)OC(C)(C)C)n1N. The van der Waals surface area contributed by atoms with Crippen molar-refractivity contribution in [2.24, 2.45) is 0 Å². The molecule has 0 unspecified atom stereocenters. The van der Waals surface area contributed by atoms with E-state index in [4.69, 9.17) is 20.3 Å². The number of hydrogen-bond donors (Lipinski definition) is 2. The van der Waals surface area contributed by atoms with Gasteiger partial charge in [-0.05, 0) is 82.3 Å². The molecule has 1 aliphatic heterocycles. The smallest absolute Gasteiger partial charge is 0.410 e. The Morgan fingerprint density at radius 3 is 2.40 bits per heavy atom. The molecule has 2 amide bonds. The number of carbonyl (C=O) groups excluding carboxylic acids is 3. The molecule has 11 nitrogen and oxygen atoms in total. The van der Waals surface area contributed by atoms with E-state index in [0.29, 0.717) is 41.4 Å². The molecule has 0 radical (unpaired) electrons. The zero-order valence-corrected chi connectivity index (χ0v) is 25.9. The molecule has 2 aromatic carbocycles. The Hall–Kier alpha value is -5.19. The maximum atomic E-state index is 13.1. The third kappa shape index (κ3) is 7.14. The van der Waals surface area contributed by atoms with Gasteiger partial charge >= 0.3 is 12.1 Å². The van der Waals surface area contributed by atoms with Crippen molar-refractivity contribution in [1.82, 2.24) is 19.5 Å². The van der Waals surface area contributed by atoms with Crippen LogP contribution in [0.3, 0.4) is 0 Å². The summed E-state index contributed by atoms with van der Waals surface area (Å²) in [6, 6.07) is 19.7. The molecule has 1 saturated heterocycles. The fourth-order valence-corrected chi connectivity index (χ4v) is 5.30. The third-order valence-electron chi connectivity index (χ3n) is 7.37. The van der Waals surface area contributed by atoms with Crippen LogP contribution in [0.1, 0.15) is 79.7 Å². The van der Waals surface area contributed by atoms with Crippen LogP contribution in [0.4, 0.5) is 10.6 Å². The van der Waals surface area contributed by atoms with Gasteiger partial charge in [0.05, 0.1) is 12.6 Å². The quantitative estimate of drug-likeness (QED) is 0.186. The van der Waals surface area contributed by atoms with E-state index in [9.17, 15) is 14.4 Å². The molecule has 4 aromatic rings. The van der Waals surface area contributed by atoms with E-state index in [1.54, 1.807) is 42.3 Å². The van der Waals surface area contributed by atoms with E-state index >= 15 is 0 Å². The van der Waals surface area contributed by atoms with Gasteiger partial charge in [0.15, 0.2) is 11.5 Å². The normalized spacial score (nSPS) is 14.9. The van der Waals surface area contributed by atoms with Gasteiger partial charge in [0.25, 0.3) is 5.91 Å². The van der Waals surface area contributed by atoms with Gasteiger partial charge in [-0.1, -0.05) is 42.5 Å². The van der Waals surface area contributed by atoms with Crippen LogP contribution in [0, 0.1) is 0 Å². The summed E-state index contributed by atoms with van der Waals surface area (Å²) in [5, 5.41) is 2.85. The summed E-state index contributed by atoms with van der Waals surface area (Å²) >= 11 is 0. The number of anilines is 1. The lowest BCUT2D eigenvalue weighted by Gasteiger charge is -2.36. The van der Waals surface area contributed by atoms with E-state index in [2.05, 4.69) is 10.3 Å². The molecule has 11 heteroatoms. The zero-order valence-electron chi connectivity index (χ0n) is 25.9. The highest BCUT2D eigenvalue weighted by atomic mass is 16.6. The minimum atomic E-state index is -0.673. The average molecular weight is 611 g/mol. The number of nitrogens with zero attached hydrogens (tertiary/aromatic N) is 4. The molecule has 2 aromatic heterocycles. The Bertz CT molecular complexity index is 1680. The van der Waals surface area contributed by atoms with E-state index in [-0.39, 0.29) is 18.2 Å². The lowest BCUT2D eigenvalue weighted by atomic mass is 10.0. The van der Waals surface area contributed by atoms with Gasteiger partial charge in [-0.25, -0.2) is 24.2 Å². The first-order valence-corrected chi connectivity index (χ1v) is 15.0. The van der Waals surface area contributed by atoms with Crippen molar-refractivity contribution < 1.29 is 23.9 Å². The number of benzene rings is 2. The molecular weight excluding hydrogens is 572 g/mol. The summed E-state index contributed by atoms with van der Waals surface area (Å²) in [4.78, 5) is 50.1. The number of esters is 1. The highest BCUT2D eigenvalue weighted by Crippen LogP contribution is 2.35. The number of carbonyl (C=O) groups is 3. The van der Waals surface area contributed by atoms with Gasteiger partial charge in [-0.3, -0.25) is 9.69 Å². The van der Waals surface area contributed by atoms with Crippen LogP contribution >= 0.6 is 0 Å². The van der Waals surface area contributed by atoms with Crippen molar-refractivity contribution in [2.75, 3.05) is 24.3 Å². The minimum Gasteiger partial charge on any atom is -0.461 e. The summed E-state index contributed by atoms with van der Waals surface area (Å²) in [6.07, 6.45) is 3.46. The number of rotatable bonds is 7. The predicted molar refractivity (Wildman–Crippen MR) is 171 cm³/mol. The monoisotopic (exact) mass is 610 g/mol. The number of ether oxygens (including phenoxy) is 2. The molecule has 45 heavy (non-hydrogen) atoms. The fourth-order valence-electron chi connectivity index (χ4n) is 5.30. The number of piperidine rings is 1. The zero-order chi connectivity index (χ0) is 32.1. The second-order valence-electron chi connectivity index (χ2n) is 11.8. The summed E-state index contributed by atoms with van der Waals surface area (Å²) in [6.45, 7) is 7.76. The van der Waals surface area contributed by atoms with Crippen LogP contribution in [0.2, 0.25) is 0 Å². The lowest BCUT2D eigenvalue weighted by Crippen LogP contribution is -2.43. The second kappa shape index (κ2) is 13.2. The van der Waals surface area contributed by atoms with Gasteiger partial charge in [0.1, 0.15) is 17.1 Å². The molecule has 0 aliphatic carbocycles. The van der Waals surface area contributed by atoms with Crippen LogP contribution in [-0.4, -0.2) is 56.3 Å². The largest absolute Gasteiger partial charge is 0.461 e. The predicted octanol–water partition coefficient (Wildman–Crippen LogP) is 6.22. The number of pyridine rings is 1. The Labute approximate surface area is 262 Å². The molecule has 0 spiro atoms. The summed E-state index contributed by atoms with van der Waals surface area (Å²) in [5.74, 6) is 6.30. The molecule has 5 rings (SSSR count). The third-order valence-corrected chi connectivity index (χ3v) is 7.37. The molecule has 1 aliphatic rings. The van der Waals surface area contributed by atoms with Crippen LogP contribution in [-0.2, 0) is 9.47 Å². The summed E-state index contributed by atoms with van der Waals surface area (Å²) in [5.41, 5.74) is 2.57. The van der Waals surface area contributed by atoms with Crippen molar-refractivity contribution in [3.05, 3.63) is 90.0 Å². The molecular formula is C34H38N6O5. The Balaban J connectivity index is 1.42. The molecule has 3 N–H and O–H groups in total. The molecule has 1 fully saturated rings. The number of nitrogen functional groups attached to an aromatic ring is 1. The highest BCUT2D eigenvalue weighted by molar-refractivity contribution is 6.04. The average Bonchev–Trinajstić information content (AvgIpc) is 3.37. The standard InChI is InChI=1S/C34H38N6O5/c1-5-44-32(42)29-28(38-30(40(29)35)26-13-9-10-20-39(26)33(43)45-34(2,3)4)23-14-16-24(17-15-23)31(41)37-27-21-25(18-19-36-27)22-11-7-6-8-12-22/h6-8,11-12,14-19,21,26H,5,9-10,13,20,35H2,1-4H3,(H,36,37,41)/t26-/m0/s1. The first kappa shape index (κ1) is 31.2. The summed E-state index contributed by atoms with van der Waals surface area (Å²) in [7, 11) is 0. The highest BCUT2D eigenvalue weighted by Gasteiger charge is 2.36. The number of nitrogens with one attached hydrogen (secondary N) is 1. The topological polar surface area (TPSA) is 142 Å². The van der Waals surface area contributed by atoms with E-state index in [0.717, 1.165) is 24.0 Å². The van der Waals surface area contributed by atoms with Crippen molar-refractivity contribution in [3.63, 3.8) is 0 Å².